The highest BCUT2D eigenvalue weighted by Gasteiger charge is 2.29. The molecule has 0 radical (unpaired) electrons. The van der Waals surface area contributed by atoms with E-state index in [0.717, 1.165) is 39.3 Å². The van der Waals surface area contributed by atoms with Gasteiger partial charge in [0, 0.05) is 33.0 Å². The number of nitrogens with one attached hydrogen (secondary N) is 1. The van der Waals surface area contributed by atoms with Gasteiger partial charge in [-0.1, -0.05) is 91.0 Å². The second-order valence-corrected chi connectivity index (χ2v) is 10.8. The smallest absolute Gasteiger partial charge is 0.138 e. The molecule has 8 aromatic rings. The number of aromatic nitrogens is 1. The lowest BCUT2D eigenvalue weighted by Crippen LogP contribution is -2.30. The number of nitrogens with zero attached hydrogens (tertiary/aromatic N) is 2. The molecule has 5 aromatic carbocycles. The van der Waals surface area contributed by atoms with Crippen molar-refractivity contribution >= 4 is 82.7 Å². The van der Waals surface area contributed by atoms with Crippen LogP contribution >= 0.6 is 0 Å². The molecule has 0 bridgehead atoms. The van der Waals surface area contributed by atoms with Gasteiger partial charge in [-0.05, 0) is 40.1 Å². The third-order valence-corrected chi connectivity index (χ3v) is 8.70. The number of rotatable bonds is 1. The molecule has 0 saturated heterocycles. The molecule has 4 heteroatoms. The topological polar surface area (TPSA) is 41.9 Å². The summed E-state index contributed by atoms with van der Waals surface area (Å²) >= 11 is 0. The number of anilines is 1. The molecule has 10 rings (SSSR count). The first-order valence-corrected chi connectivity index (χ1v) is 13.7. The average molecular weight is 512 g/mol. The molecule has 0 saturated carbocycles. The van der Waals surface area contributed by atoms with Crippen LogP contribution in [0.3, 0.4) is 0 Å². The summed E-state index contributed by atoms with van der Waals surface area (Å²) in [4.78, 5) is 5.25. The van der Waals surface area contributed by atoms with Crippen molar-refractivity contribution in [2.24, 2.45) is 4.99 Å². The fourth-order valence-electron chi connectivity index (χ4n) is 6.91. The predicted octanol–water partition coefficient (Wildman–Crippen LogP) is 9.26. The summed E-state index contributed by atoms with van der Waals surface area (Å²) < 4.78 is 8.81. The summed E-state index contributed by atoms with van der Waals surface area (Å²) in [5, 5.41) is 12.2. The molecule has 1 atom stereocenters. The van der Waals surface area contributed by atoms with Crippen LogP contribution < -0.4 is 5.32 Å². The largest absolute Gasteiger partial charge is 0.456 e. The molecule has 4 heterocycles. The van der Waals surface area contributed by atoms with Crippen molar-refractivity contribution in [1.29, 1.82) is 0 Å². The van der Waals surface area contributed by atoms with E-state index in [1.165, 1.54) is 49.0 Å². The molecule has 1 aliphatic carbocycles. The van der Waals surface area contributed by atoms with Gasteiger partial charge in [-0.15, -0.1) is 0 Å². The van der Waals surface area contributed by atoms with E-state index in [0.29, 0.717) is 0 Å². The minimum atomic E-state index is 0.0225. The van der Waals surface area contributed by atoms with Gasteiger partial charge in [0.25, 0.3) is 0 Å². The second-order valence-electron chi connectivity index (χ2n) is 10.8. The molecular weight excluding hydrogens is 490 g/mol. The molecule has 40 heavy (non-hydrogen) atoms. The van der Waals surface area contributed by atoms with Gasteiger partial charge in [-0.25, -0.2) is 4.99 Å². The van der Waals surface area contributed by atoms with E-state index in [4.69, 9.17) is 9.41 Å². The van der Waals surface area contributed by atoms with E-state index in [1.807, 2.05) is 0 Å². The third kappa shape index (κ3) is 2.53. The van der Waals surface area contributed by atoms with Crippen molar-refractivity contribution in [2.45, 2.75) is 6.04 Å². The molecule has 186 valence electrons. The highest BCUT2D eigenvalue weighted by molar-refractivity contribution is 6.27. The Bertz CT molecular complexity index is 2450. The Kier molecular flexibility index (Phi) is 3.70. The van der Waals surface area contributed by atoms with Gasteiger partial charge in [0.2, 0.25) is 0 Å². The van der Waals surface area contributed by atoms with Gasteiger partial charge in [-0.2, -0.15) is 0 Å². The fourth-order valence-corrected chi connectivity index (χ4v) is 6.91. The maximum absolute atomic E-state index is 6.46. The number of allylic oxidation sites excluding steroid dienone is 2. The lowest BCUT2D eigenvalue weighted by molar-refractivity contribution is 0.669. The van der Waals surface area contributed by atoms with E-state index in [2.05, 4.69) is 125 Å². The van der Waals surface area contributed by atoms with E-state index in [1.54, 1.807) is 0 Å². The van der Waals surface area contributed by atoms with E-state index >= 15 is 0 Å². The van der Waals surface area contributed by atoms with Crippen LogP contribution in [0.25, 0.3) is 65.5 Å². The highest BCUT2D eigenvalue weighted by Crippen LogP contribution is 2.48. The molecule has 1 aliphatic heterocycles. The number of hydrogen-bond donors (Lipinski definition) is 1. The highest BCUT2D eigenvalue weighted by atomic mass is 16.3. The van der Waals surface area contributed by atoms with Crippen LogP contribution in [0.1, 0.15) is 5.56 Å². The lowest BCUT2D eigenvalue weighted by atomic mass is 9.94. The molecule has 1 N–H and O–H groups in total. The summed E-state index contributed by atoms with van der Waals surface area (Å²) in [7, 11) is 0. The van der Waals surface area contributed by atoms with E-state index < -0.39 is 0 Å². The maximum atomic E-state index is 6.46. The van der Waals surface area contributed by atoms with E-state index in [9.17, 15) is 0 Å². The van der Waals surface area contributed by atoms with Crippen molar-refractivity contribution in [1.82, 2.24) is 4.40 Å². The molecule has 3 aromatic heterocycles. The zero-order valence-electron chi connectivity index (χ0n) is 21.3. The molecule has 2 aliphatic rings. The zero-order valence-corrected chi connectivity index (χ0v) is 21.3. The minimum Gasteiger partial charge on any atom is -0.456 e. The molecule has 0 amide bonds. The second kappa shape index (κ2) is 7.19. The molecule has 0 spiro atoms. The number of hydrogen-bond acceptors (Lipinski definition) is 3. The number of para-hydroxylation sites is 1. The normalized spacial score (nSPS) is 16.6. The maximum Gasteiger partial charge on any atom is 0.138 e. The summed E-state index contributed by atoms with van der Waals surface area (Å²) in [6.45, 7) is 0. The van der Waals surface area contributed by atoms with Gasteiger partial charge in [0.05, 0.1) is 22.8 Å². The van der Waals surface area contributed by atoms with Gasteiger partial charge in [0.1, 0.15) is 22.7 Å². The third-order valence-electron chi connectivity index (χ3n) is 8.70. The summed E-state index contributed by atoms with van der Waals surface area (Å²) in [6.07, 6.45) is 6.63. The zero-order chi connectivity index (χ0) is 25.9. The number of fused-ring (bicyclic) bond motifs is 12. The Morgan fingerprint density at radius 1 is 0.725 bits per heavy atom. The quantitative estimate of drug-likeness (QED) is 0.239. The molecule has 4 nitrogen and oxygen atoms in total. The van der Waals surface area contributed by atoms with Crippen LogP contribution in [0.4, 0.5) is 11.5 Å². The van der Waals surface area contributed by atoms with Crippen molar-refractivity contribution in [3.63, 3.8) is 0 Å². The lowest BCUT2D eigenvalue weighted by Gasteiger charge is -2.25. The predicted molar refractivity (Wildman–Crippen MR) is 166 cm³/mol. The van der Waals surface area contributed by atoms with Gasteiger partial charge >= 0.3 is 0 Å². The van der Waals surface area contributed by atoms with Crippen LogP contribution in [0.5, 0.6) is 0 Å². The average Bonchev–Trinajstić information content (AvgIpc) is 3.65. The van der Waals surface area contributed by atoms with Crippen LogP contribution in [0.2, 0.25) is 0 Å². The Morgan fingerprint density at radius 2 is 1.57 bits per heavy atom. The van der Waals surface area contributed by atoms with Crippen molar-refractivity contribution in [2.75, 3.05) is 5.32 Å². The number of aliphatic imine (C=N–C) groups is 1. The van der Waals surface area contributed by atoms with Crippen molar-refractivity contribution < 1.29 is 4.42 Å². The van der Waals surface area contributed by atoms with Crippen LogP contribution in [-0.2, 0) is 0 Å². The van der Waals surface area contributed by atoms with Crippen molar-refractivity contribution in [3.8, 4) is 0 Å². The monoisotopic (exact) mass is 511 g/mol. The molecule has 1 unspecified atom stereocenters. The van der Waals surface area contributed by atoms with Crippen LogP contribution in [-0.4, -0.2) is 16.2 Å². The molecule has 0 fully saturated rings. The van der Waals surface area contributed by atoms with Crippen molar-refractivity contribution in [3.05, 3.63) is 121 Å². The number of furan rings is 1. The Labute approximate surface area is 228 Å². The number of benzene rings is 5. The van der Waals surface area contributed by atoms with Gasteiger partial charge in [0.15, 0.2) is 0 Å². The Morgan fingerprint density at radius 3 is 2.52 bits per heavy atom. The first-order valence-electron chi connectivity index (χ1n) is 13.7. The van der Waals surface area contributed by atoms with Crippen LogP contribution in [0.15, 0.2) is 125 Å². The van der Waals surface area contributed by atoms with Crippen LogP contribution in [0, 0.1) is 0 Å². The Balaban J connectivity index is 1.26. The minimum absolute atomic E-state index is 0.0225. The Hall–Kier alpha value is -5.35. The first kappa shape index (κ1) is 20.6. The van der Waals surface area contributed by atoms with Gasteiger partial charge in [-0.3, -0.25) is 4.40 Å². The fraction of sp³-hybridized carbons (Fsp3) is 0.0278. The van der Waals surface area contributed by atoms with E-state index in [-0.39, 0.29) is 6.04 Å². The standard InChI is InChI=1S/C36H21N3O/c1-2-7-20(8-3-1)22-13-15-28-29(17-22)37-34-25-12-6-11-24-26-18-27-32(19-30(26)39(35(24)25)36(34)38-28)40-31-16-14-21-9-4-5-10-23(21)33(27)31/h1-19,28,38H. The summed E-state index contributed by atoms with van der Waals surface area (Å²) in [5.74, 6) is 1.04. The molecular formula is C36H21N3O. The first-order chi connectivity index (χ1) is 19.8. The summed E-state index contributed by atoms with van der Waals surface area (Å²) in [6, 6.07) is 34.4. The SMILES string of the molecule is C1=CC2Nc3c(c4cccc5c6cc7c(cc6n3c45)oc3ccc4ccccc4c37)N=C2C=C1c1ccccc1. The summed E-state index contributed by atoms with van der Waals surface area (Å²) in [5.41, 5.74) is 8.59. The van der Waals surface area contributed by atoms with Gasteiger partial charge < -0.3 is 9.73 Å².